The summed E-state index contributed by atoms with van der Waals surface area (Å²) in [7, 11) is 0. The van der Waals surface area contributed by atoms with E-state index >= 15 is 0 Å². The number of nitrogens with one attached hydrogen (secondary N) is 1. The van der Waals surface area contributed by atoms with E-state index in [1.165, 1.54) is 30.4 Å². The number of furan rings is 1. The number of nitrogens with zero attached hydrogens (tertiary/aromatic N) is 2. The summed E-state index contributed by atoms with van der Waals surface area (Å²) < 4.78 is 5.33. The second-order valence-electron chi connectivity index (χ2n) is 4.77. The van der Waals surface area contributed by atoms with Crippen molar-refractivity contribution in [3.05, 3.63) is 62.9 Å². The summed E-state index contributed by atoms with van der Waals surface area (Å²) in [4.78, 5) is 22.1. The van der Waals surface area contributed by atoms with E-state index in [2.05, 4.69) is 5.32 Å². The molecule has 0 aliphatic rings. The number of nitriles is 1. The first-order valence-electron chi connectivity index (χ1n) is 6.66. The van der Waals surface area contributed by atoms with Gasteiger partial charge in [-0.15, -0.1) is 0 Å². The molecular formula is C16H13N3O4. The number of amides is 1. The summed E-state index contributed by atoms with van der Waals surface area (Å²) >= 11 is 0. The van der Waals surface area contributed by atoms with E-state index in [0.717, 1.165) is 0 Å². The third-order valence-corrected chi connectivity index (χ3v) is 3.24. The van der Waals surface area contributed by atoms with E-state index < -0.39 is 10.8 Å². The molecule has 1 aromatic carbocycles. The molecule has 2 aromatic rings. The van der Waals surface area contributed by atoms with Crippen molar-refractivity contribution in [3.8, 4) is 6.07 Å². The van der Waals surface area contributed by atoms with E-state index in [-0.39, 0.29) is 17.1 Å². The van der Waals surface area contributed by atoms with Crippen LogP contribution < -0.4 is 5.32 Å². The number of aryl methyl sites for hydroxylation is 1. The highest BCUT2D eigenvalue weighted by Crippen LogP contribution is 2.25. The standard InChI is InChI=1S/C16H13N3O4/c1-10-11(2)23-16(14(10)9-17)18-15(20)7-6-12-4-3-5-13(8-12)19(21)22/h3-8H,1-2H3,(H,18,20)/b7-6+. The van der Waals surface area contributed by atoms with Gasteiger partial charge in [0.15, 0.2) is 0 Å². The SMILES string of the molecule is Cc1oc(NC(=O)/C=C/c2cccc([N+](=O)[O-])c2)c(C#N)c1C. The molecule has 0 saturated carbocycles. The molecule has 0 aliphatic heterocycles. The normalized spacial score (nSPS) is 10.5. The molecule has 1 amide bonds. The summed E-state index contributed by atoms with van der Waals surface area (Å²) in [5.41, 5.74) is 1.41. The van der Waals surface area contributed by atoms with Crippen LogP contribution >= 0.6 is 0 Å². The molecule has 23 heavy (non-hydrogen) atoms. The van der Waals surface area contributed by atoms with Crippen LogP contribution in [0.25, 0.3) is 6.08 Å². The molecule has 0 saturated heterocycles. The number of rotatable bonds is 4. The first-order valence-corrected chi connectivity index (χ1v) is 6.66. The monoisotopic (exact) mass is 311 g/mol. The molecule has 1 N–H and O–H groups in total. The van der Waals surface area contributed by atoms with Gasteiger partial charge in [-0.3, -0.25) is 20.2 Å². The first-order chi connectivity index (χ1) is 10.9. The molecule has 0 atom stereocenters. The van der Waals surface area contributed by atoms with Gasteiger partial charge in [-0.25, -0.2) is 0 Å². The maximum Gasteiger partial charge on any atom is 0.270 e. The van der Waals surface area contributed by atoms with Crippen molar-refractivity contribution in [2.24, 2.45) is 0 Å². The molecule has 0 bridgehead atoms. The molecule has 7 heteroatoms. The fraction of sp³-hybridized carbons (Fsp3) is 0.125. The molecule has 0 radical (unpaired) electrons. The van der Waals surface area contributed by atoms with Crippen LogP contribution in [0.2, 0.25) is 0 Å². The van der Waals surface area contributed by atoms with Gasteiger partial charge in [0.2, 0.25) is 5.88 Å². The number of carbonyl (C=O) groups excluding carboxylic acids is 1. The topological polar surface area (TPSA) is 109 Å². The van der Waals surface area contributed by atoms with E-state index in [0.29, 0.717) is 16.9 Å². The van der Waals surface area contributed by atoms with Gasteiger partial charge in [-0.05, 0) is 25.5 Å². The average Bonchev–Trinajstić information content (AvgIpc) is 2.79. The van der Waals surface area contributed by atoms with E-state index in [4.69, 9.17) is 9.68 Å². The summed E-state index contributed by atoms with van der Waals surface area (Å²) in [6.45, 7) is 3.43. The smallest absolute Gasteiger partial charge is 0.270 e. The maximum absolute atomic E-state index is 11.9. The van der Waals surface area contributed by atoms with Gasteiger partial charge in [-0.1, -0.05) is 12.1 Å². The van der Waals surface area contributed by atoms with Crippen molar-refractivity contribution in [2.75, 3.05) is 5.32 Å². The van der Waals surface area contributed by atoms with Gasteiger partial charge in [0.1, 0.15) is 17.4 Å². The average molecular weight is 311 g/mol. The highest BCUT2D eigenvalue weighted by atomic mass is 16.6. The molecule has 0 spiro atoms. The Hall–Kier alpha value is -3.40. The van der Waals surface area contributed by atoms with Crippen LogP contribution in [0.5, 0.6) is 0 Å². The number of benzene rings is 1. The third kappa shape index (κ3) is 3.63. The van der Waals surface area contributed by atoms with Crippen LogP contribution in [0.4, 0.5) is 11.6 Å². The number of nitro groups is 1. The van der Waals surface area contributed by atoms with Crippen molar-refractivity contribution < 1.29 is 14.1 Å². The van der Waals surface area contributed by atoms with E-state index in [9.17, 15) is 14.9 Å². The second-order valence-corrected chi connectivity index (χ2v) is 4.77. The molecular weight excluding hydrogens is 298 g/mol. The zero-order chi connectivity index (χ0) is 17.0. The van der Waals surface area contributed by atoms with Crippen molar-refractivity contribution in [2.45, 2.75) is 13.8 Å². The number of hydrogen-bond acceptors (Lipinski definition) is 5. The minimum atomic E-state index is -0.509. The van der Waals surface area contributed by atoms with Crippen LogP contribution in [0.1, 0.15) is 22.5 Å². The lowest BCUT2D eigenvalue weighted by Gasteiger charge is -1.98. The van der Waals surface area contributed by atoms with Gasteiger partial charge in [0, 0.05) is 23.8 Å². The molecule has 1 aromatic heterocycles. The summed E-state index contributed by atoms with van der Waals surface area (Å²) in [5.74, 6) is 0.150. The minimum Gasteiger partial charge on any atom is -0.444 e. The predicted molar refractivity (Wildman–Crippen MR) is 83.7 cm³/mol. The Bertz CT molecular complexity index is 843. The number of hydrogen-bond donors (Lipinski definition) is 1. The first kappa shape index (κ1) is 16.0. The van der Waals surface area contributed by atoms with Gasteiger partial charge in [-0.2, -0.15) is 5.26 Å². The largest absolute Gasteiger partial charge is 0.444 e. The third-order valence-electron chi connectivity index (χ3n) is 3.24. The Morgan fingerprint density at radius 3 is 2.83 bits per heavy atom. The van der Waals surface area contributed by atoms with Crippen LogP contribution in [0, 0.1) is 35.3 Å². The lowest BCUT2D eigenvalue weighted by Crippen LogP contribution is -2.08. The summed E-state index contributed by atoms with van der Waals surface area (Å²) in [6.07, 6.45) is 2.66. The van der Waals surface area contributed by atoms with Gasteiger partial charge < -0.3 is 4.42 Å². The molecule has 1 heterocycles. The Morgan fingerprint density at radius 2 is 2.17 bits per heavy atom. The lowest BCUT2D eigenvalue weighted by atomic mass is 10.2. The van der Waals surface area contributed by atoms with Crippen LogP contribution in [-0.2, 0) is 4.79 Å². The number of carbonyl (C=O) groups is 1. The fourth-order valence-corrected chi connectivity index (χ4v) is 1.92. The Kier molecular flexibility index (Phi) is 4.57. The molecule has 7 nitrogen and oxygen atoms in total. The van der Waals surface area contributed by atoms with E-state index in [1.807, 2.05) is 6.07 Å². The minimum absolute atomic E-state index is 0.0587. The van der Waals surface area contributed by atoms with Crippen molar-refractivity contribution in [1.29, 1.82) is 5.26 Å². The zero-order valence-corrected chi connectivity index (χ0v) is 12.5. The summed E-state index contributed by atoms with van der Waals surface area (Å²) in [5, 5.41) is 22.3. The summed E-state index contributed by atoms with van der Waals surface area (Å²) in [6, 6.07) is 7.86. The molecule has 2 rings (SSSR count). The predicted octanol–water partition coefficient (Wildman–Crippen LogP) is 3.33. The Labute approximate surface area is 132 Å². The van der Waals surface area contributed by atoms with Crippen molar-refractivity contribution >= 4 is 23.6 Å². The molecule has 0 fully saturated rings. The number of non-ortho nitro benzene ring substituents is 1. The number of nitro benzene ring substituents is 1. The van der Waals surface area contributed by atoms with E-state index in [1.54, 1.807) is 19.9 Å². The highest BCUT2D eigenvalue weighted by molar-refractivity contribution is 6.01. The maximum atomic E-state index is 11.9. The molecule has 0 aliphatic carbocycles. The highest BCUT2D eigenvalue weighted by Gasteiger charge is 2.15. The van der Waals surface area contributed by atoms with Crippen molar-refractivity contribution in [1.82, 2.24) is 0 Å². The van der Waals surface area contributed by atoms with Crippen LogP contribution in [0.15, 0.2) is 34.8 Å². The van der Waals surface area contributed by atoms with Crippen LogP contribution in [0.3, 0.4) is 0 Å². The Morgan fingerprint density at radius 1 is 1.43 bits per heavy atom. The zero-order valence-electron chi connectivity index (χ0n) is 12.5. The van der Waals surface area contributed by atoms with Crippen LogP contribution in [-0.4, -0.2) is 10.8 Å². The second kappa shape index (κ2) is 6.58. The van der Waals surface area contributed by atoms with Gasteiger partial charge in [0.25, 0.3) is 11.6 Å². The van der Waals surface area contributed by atoms with Gasteiger partial charge >= 0.3 is 0 Å². The lowest BCUT2D eigenvalue weighted by molar-refractivity contribution is -0.384. The quantitative estimate of drug-likeness (QED) is 0.529. The van der Waals surface area contributed by atoms with Crippen molar-refractivity contribution in [3.63, 3.8) is 0 Å². The number of anilines is 1. The molecule has 0 unspecified atom stereocenters. The van der Waals surface area contributed by atoms with Gasteiger partial charge in [0.05, 0.1) is 4.92 Å². The fourth-order valence-electron chi connectivity index (χ4n) is 1.92. The molecule has 116 valence electrons. The Balaban J connectivity index is 2.14.